The van der Waals surface area contributed by atoms with Crippen LogP contribution in [0.1, 0.15) is 44.9 Å². The SMILES string of the molecule is CCCc1ccc(C#N)c(SCC(=O)N2C[C@H](C)C[C@H](C)C2)n1. The van der Waals surface area contributed by atoms with Gasteiger partial charge in [0.25, 0.3) is 0 Å². The zero-order chi connectivity index (χ0) is 16.8. The molecule has 1 aromatic rings. The number of pyridine rings is 1. The summed E-state index contributed by atoms with van der Waals surface area (Å²) in [4.78, 5) is 19.0. The van der Waals surface area contributed by atoms with Crippen molar-refractivity contribution in [3.63, 3.8) is 0 Å². The van der Waals surface area contributed by atoms with Crippen molar-refractivity contribution in [1.29, 1.82) is 5.26 Å². The number of rotatable bonds is 5. The Labute approximate surface area is 143 Å². The highest BCUT2D eigenvalue weighted by Crippen LogP contribution is 2.24. The Kier molecular flexibility index (Phi) is 6.47. The maximum absolute atomic E-state index is 12.5. The van der Waals surface area contributed by atoms with Crippen LogP contribution in [0.4, 0.5) is 0 Å². The molecule has 1 aromatic heterocycles. The van der Waals surface area contributed by atoms with Gasteiger partial charge in [0.05, 0.1) is 11.3 Å². The molecule has 0 N–H and O–H groups in total. The largest absolute Gasteiger partial charge is 0.341 e. The summed E-state index contributed by atoms with van der Waals surface area (Å²) in [5, 5.41) is 9.91. The van der Waals surface area contributed by atoms with E-state index in [9.17, 15) is 10.1 Å². The van der Waals surface area contributed by atoms with Gasteiger partial charge in [-0.05, 0) is 36.8 Å². The third kappa shape index (κ3) is 4.97. The molecule has 1 saturated heterocycles. The zero-order valence-corrected chi connectivity index (χ0v) is 15.0. The molecule has 0 aromatic carbocycles. The quantitative estimate of drug-likeness (QED) is 0.775. The highest BCUT2D eigenvalue weighted by molar-refractivity contribution is 7.99. The first kappa shape index (κ1) is 17.8. The highest BCUT2D eigenvalue weighted by Gasteiger charge is 2.25. The van der Waals surface area contributed by atoms with Crippen molar-refractivity contribution in [3.05, 3.63) is 23.4 Å². The fraction of sp³-hybridized carbons (Fsp3) is 0.611. The number of nitriles is 1. The van der Waals surface area contributed by atoms with Crippen molar-refractivity contribution < 1.29 is 4.79 Å². The van der Waals surface area contributed by atoms with Gasteiger partial charge in [0.1, 0.15) is 11.1 Å². The molecule has 0 bridgehead atoms. The van der Waals surface area contributed by atoms with Gasteiger partial charge in [-0.3, -0.25) is 4.79 Å². The van der Waals surface area contributed by atoms with E-state index >= 15 is 0 Å². The lowest BCUT2D eigenvalue weighted by Crippen LogP contribution is -2.43. The summed E-state index contributed by atoms with van der Waals surface area (Å²) in [5.74, 6) is 1.64. The van der Waals surface area contributed by atoms with Gasteiger partial charge in [-0.25, -0.2) is 4.98 Å². The number of thioether (sulfide) groups is 1. The molecular formula is C18H25N3OS. The van der Waals surface area contributed by atoms with Gasteiger partial charge in [0, 0.05) is 18.8 Å². The minimum atomic E-state index is 0.153. The summed E-state index contributed by atoms with van der Waals surface area (Å²) >= 11 is 1.39. The second kappa shape index (κ2) is 8.35. The molecule has 5 heteroatoms. The van der Waals surface area contributed by atoms with Crippen LogP contribution in [0.25, 0.3) is 0 Å². The van der Waals surface area contributed by atoms with Crippen molar-refractivity contribution in [2.75, 3.05) is 18.8 Å². The van der Waals surface area contributed by atoms with Gasteiger partial charge in [-0.1, -0.05) is 39.0 Å². The number of amides is 1. The first-order valence-electron chi connectivity index (χ1n) is 8.34. The molecule has 124 valence electrons. The first-order chi connectivity index (χ1) is 11.0. The second-order valence-corrected chi connectivity index (χ2v) is 7.51. The number of hydrogen-bond acceptors (Lipinski definition) is 4. The molecule has 2 atom stereocenters. The Morgan fingerprint density at radius 1 is 1.39 bits per heavy atom. The second-order valence-electron chi connectivity index (χ2n) is 6.55. The number of carbonyl (C=O) groups excluding carboxylic acids is 1. The lowest BCUT2D eigenvalue weighted by molar-refractivity contribution is -0.130. The summed E-state index contributed by atoms with van der Waals surface area (Å²) in [6, 6.07) is 5.89. The average molecular weight is 331 g/mol. The Bertz CT molecular complexity index is 586. The van der Waals surface area contributed by atoms with Crippen molar-refractivity contribution in [2.24, 2.45) is 11.8 Å². The molecule has 0 aliphatic carbocycles. The number of likely N-dealkylation sites (tertiary alicyclic amines) is 1. The van der Waals surface area contributed by atoms with Gasteiger partial charge in [0.2, 0.25) is 5.91 Å². The maximum atomic E-state index is 12.5. The van der Waals surface area contributed by atoms with Gasteiger partial charge in [-0.15, -0.1) is 0 Å². The predicted octanol–water partition coefficient (Wildman–Crippen LogP) is 3.50. The fourth-order valence-electron chi connectivity index (χ4n) is 3.16. The van der Waals surface area contributed by atoms with E-state index in [4.69, 9.17) is 0 Å². The predicted molar refractivity (Wildman–Crippen MR) is 93.2 cm³/mol. The van der Waals surface area contributed by atoms with Crippen LogP contribution in [0.5, 0.6) is 0 Å². The topological polar surface area (TPSA) is 57.0 Å². The Hall–Kier alpha value is -1.54. The number of hydrogen-bond donors (Lipinski definition) is 0. The van der Waals surface area contributed by atoms with Gasteiger partial charge in [-0.2, -0.15) is 5.26 Å². The van der Waals surface area contributed by atoms with Crippen LogP contribution in [0.15, 0.2) is 17.2 Å². The molecule has 1 fully saturated rings. The first-order valence-corrected chi connectivity index (χ1v) is 9.32. The monoisotopic (exact) mass is 331 g/mol. The Morgan fingerprint density at radius 3 is 2.70 bits per heavy atom. The normalized spacial score (nSPS) is 21.0. The van der Waals surface area contributed by atoms with E-state index in [1.807, 2.05) is 17.0 Å². The van der Waals surface area contributed by atoms with Crippen LogP contribution in [0.2, 0.25) is 0 Å². The minimum Gasteiger partial charge on any atom is -0.341 e. The molecule has 1 aliphatic rings. The van der Waals surface area contributed by atoms with Crippen molar-refractivity contribution in [3.8, 4) is 6.07 Å². The van der Waals surface area contributed by atoms with Crippen LogP contribution < -0.4 is 0 Å². The highest BCUT2D eigenvalue weighted by atomic mass is 32.2. The van der Waals surface area contributed by atoms with E-state index in [1.54, 1.807) is 0 Å². The molecule has 1 aliphatic heterocycles. The maximum Gasteiger partial charge on any atom is 0.233 e. The van der Waals surface area contributed by atoms with Crippen molar-refractivity contribution in [1.82, 2.24) is 9.88 Å². The van der Waals surface area contributed by atoms with Gasteiger partial charge >= 0.3 is 0 Å². The molecule has 4 nitrogen and oxygen atoms in total. The molecule has 2 rings (SSSR count). The third-order valence-corrected chi connectivity index (χ3v) is 5.07. The van der Waals surface area contributed by atoms with Crippen LogP contribution in [0.3, 0.4) is 0 Å². The minimum absolute atomic E-state index is 0.153. The summed E-state index contributed by atoms with van der Waals surface area (Å²) < 4.78 is 0. The number of aromatic nitrogens is 1. The molecule has 0 spiro atoms. The summed E-state index contributed by atoms with van der Waals surface area (Å²) in [7, 11) is 0. The Balaban J connectivity index is 2.00. The van der Waals surface area contributed by atoms with Crippen LogP contribution in [0, 0.1) is 23.2 Å². The lowest BCUT2D eigenvalue weighted by Gasteiger charge is -2.35. The molecule has 0 unspecified atom stereocenters. The standard InChI is InChI=1S/C18H25N3OS/c1-4-5-16-7-6-15(9-19)18(20-16)23-12-17(22)21-10-13(2)8-14(3)11-21/h6-7,13-14H,4-5,8,10-12H2,1-3H3/t13-,14+. The Morgan fingerprint density at radius 2 is 2.09 bits per heavy atom. The van der Waals surface area contributed by atoms with Crippen LogP contribution in [-0.4, -0.2) is 34.6 Å². The number of aryl methyl sites for hydroxylation is 1. The zero-order valence-electron chi connectivity index (χ0n) is 14.2. The fourth-order valence-corrected chi connectivity index (χ4v) is 4.05. The summed E-state index contributed by atoms with van der Waals surface area (Å²) in [6.45, 7) is 8.20. The molecule has 1 amide bonds. The van der Waals surface area contributed by atoms with Gasteiger partial charge in [0.15, 0.2) is 0 Å². The molecular weight excluding hydrogens is 306 g/mol. The molecule has 23 heavy (non-hydrogen) atoms. The lowest BCUT2D eigenvalue weighted by atomic mass is 9.92. The van der Waals surface area contributed by atoms with Crippen molar-refractivity contribution in [2.45, 2.75) is 45.1 Å². The van der Waals surface area contributed by atoms with Crippen LogP contribution >= 0.6 is 11.8 Å². The smallest absolute Gasteiger partial charge is 0.233 e. The summed E-state index contributed by atoms with van der Waals surface area (Å²) in [5.41, 5.74) is 1.55. The molecule has 2 heterocycles. The number of nitrogens with zero attached hydrogens (tertiary/aromatic N) is 3. The van der Waals surface area contributed by atoms with Crippen LogP contribution in [-0.2, 0) is 11.2 Å². The molecule has 0 saturated carbocycles. The van der Waals surface area contributed by atoms with E-state index in [0.717, 1.165) is 31.6 Å². The van der Waals surface area contributed by atoms with E-state index in [2.05, 4.69) is 31.8 Å². The van der Waals surface area contributed by atoms with E-state index < -0.39 is 0 Å². The van der Waals surface area contributed by atoms with Gasteiger partial charge < -0.3 is 4.90 Å². The summed E-state index contributed by atoms with van der Waals surface area (Å²) in [6.07, 6.45) is 3.11. The third-order valence-electron chi connectivity index (χ3n) is 4.10. The molecule has 0 radical (unpaired) electrons. The van der Waals surface area contributed by atoms with E-state index in [0.29, 0.717) is 28.2 Å². The van der Waals surface area contributed by atoms with E-state index in [-0.39, 0.29) is 5.91 Å². The van der Waals surface area contributed by atoms with E-state index in [1.165, 1.54) is 18.2 Å². The van der Waals surface area contributed by atoms with Crippen molar-refractivity contribution >= 4 is 17.7 Å². The average Bonchev–Trinajstić information content (AvgIpc) is 2.52. The number of carbonyl (C=O) groups is 1. The number of piperidine rings is 1.